The number of alkyl halides is 3. The molecule has 5 nitrogen and oxygen atoms in total. The summed E-state index contributed by atoms with van der Waals surface area (Å²) in [5, 5.41) is 10.4. The molecule has 1 saturated heterocycles. The molecule has 1 unspecified atom stereocenters. The zero-order chi connectivity index (χ0) is 21.0. The van der Waals surface area contributed by atoms with E-state index in [9.17, 15) is 18.0 Å². The quantitative estimate of drug-likeness (QED) is 0.589. The van der Waals surface area contributed by atoms with Crippen LogP contribution in [-0.4, -0.2) is 36.6 Å². The molecule has 1 atom stereocenters. The first-order valence-corrected chi connectivity index (χ1v) is 9.62. The molecule has 1 fully saturated rings. The summed E-state index contributed by atoms with van der Waals surface area (Å²) >= 11 is 1.16. The van der Waals surface area contributed by atoms with Gasteiger partial charge in [-0.05, 0) is 35.7 Å². The van der Waals surface area contributed by atoms with Crippen LogP contribution in [0.15, 0.2) is 58.7 Å². The molecule has 0 radical (unpaired) electrons. The average Bonchev–Trinajstić information content (AvgIpc) is 3.01. The van der Waals surface area contributed by atoms with Gasteiger partial charge in [0.05, 0.1) is 17.0 Å². The molecule has 1 aliphatic heterocycles. The summed E-state index contributed by atoms with van der Waals surface area (Å²) in [6, 6.07) is 12.7. The summed E-state index contributed by atoms with van der Waals surface area (Å²) < 4.78 is 38.5. The van der Waals surface area contributed by atoms with Crippen molar-refractivity contribution in [3.8, 4) is 0 Å². The van der Waals surface area contributed by atoms with Gasteiger partial charge >= 0.3 is 6.18 Å². The summed E-state index contributed by atoms with van der Waals surface area (Å²) in [5.41, 5.74) is 1.63. The van der Waals surface area contributed by atoms with Gasteiger partial charge in [0, 0.05) is 19.8 Å². The van der Waals surface area contributed by atoms with Gasteiger partial charge in [-0.25, -0.2) is 0 Å². The van der Waals surface area contributed by atoms with Crippen molar-refractivity contribution in [1.29, 1.82) is 0 Å². The topological polar surface area (TPSA) is 57.1 Å². The number of carbonyl (C=O) groups is 1. The third-order valence-corrected chi connectivity index (χ3v) is 5.29. The molecule has 0 aliphatic carbocycles. The van der Waals surface area contributed by atoms with Crippen molar-refractivity contribution in [3.63, 3.8) is 0 Å². The highest BCUT2D eigenvalue weighted by Crippen LogP contribution is 2.31. The molecule has 152 valence electrons. The van der Waals surface area contributed by atoms with Crippen molar-refractivity contribution in [2.75, 3.05) is 19.0 Å². The Balaban J connectivity index is 1.62. The minimum atomic E-state index is -4.41. The molecule has 1 heterocycles. The molecule has 1 N–H and O–H groups in total. The van der Waals surface area contributed by atoms with Crippen LogP contribution in [0.4, 0.5) is 18.9 Å². The van der Waals surface area contributed by atoms with Crippen LogP contribution in [0, 0.1) is 0 Å². The highest BCUT2D eigenvalue weighted by atomic mass is 32.2. The maximum Gasteiger partial charge on any atom is 0.416 e. The minimum absolute atomic E-state index is 0.176. The number of amides is 1. The lowest BCUT2D eigenvalue weighted by molar-refractivity contribution is -0.137. The number of anilines is 1. The van der Waals surface area contributed by atoms with Gasteiger partial charge in [0.25, 0.3) is 0 Å². The molecule has 0 aromatic heterocycles. The summed E-state index contributed by atoms with van der Waals surface area (Å²) in [5.74, 6) is -0.295. The zero-order valence-corrected chi connectivity index (χ0v) is 16.6. The van der Waals surface area contributed by atoms with Crippen LogP contribution in [0.25, 0.3) is 0 Å². The van der Waals surface area contributed by atoms with Gasteiger partial charge in [0.15, 0.2) is 5.17 Å². The Labute approximate surface area is 170 Å². The molecule has 2 aromatic carbocycles. The van der Waals surface area contributed by atoms with E-state index in [0.29, 0.717) is 10.7 Å². The number of hydrogen-bond donors (Lipinski definition) is 1. The highest BCUT2D eigenvalue weighted by Gasteiger charge is 2.33. The Kier molecular flexibility index (Phi) is 6.26. The molecule has 3 rings (SSSR count). The van der Waals surface area contributed by atoms with E-state index in [0.717, 1.165) is 35.1 Å². The molecule has 0 saturated carbocycles. The number of hydrogen-bond acceptors (Lipinski definition) is 5. The van der Waals surface area contributed by atoms with E-state index in [1.165, 1.54) is 6.07 Å². The monoisotopic (exact) mass is 420 g/mol. The SMILES string of the molecule is CN(C)c1ccc(C=NN=C2NC(=O)C(Cc3cccc(C(F)(F)F)c3)S2)cc1. The van der Waals surface area contributed by atoms with Gasteiger partial charge < -0.3 is 10.2 Å². The number of nitrogens with zero attached hydrogens (tertiary/aromatic N) is 3. The van der Waals surface area contributed by atoms with E-state index >= 15 is 0 Å². The molecule has 2 aromatic rings. The molecule has 0 bridgehead atoms. The summed E-state index contributed by atoms with van der Waals surface area (Å²) in [7, 11) is 3.90. The molecule has 1 aliphatic rings. The second kappa shape index (κ2) is 8.69. The number of benzene rings is 2. The zero-order valence-electron chi connectivity index (χ0n) is 15.8. The predicted molar refractivity (Wildman–Crippen MR) is 110 cm³/mol. The molecular formula is C20H19F3N4OS. The number of nitrogens with one attached hydrogen (secondary N) is 1. The van der Waals surface area contributed by atoms with Crippen LogP contribution in [0.1, 0.15) is 16.7 Å². The fourth-order valence-corrected chi connectivity index (χ4v) is 3.65. The number of thioether (sulfide) groups is 1. The Morgan fingerprint density at radius 3 is 2.55 bits per heavy atom. The minimum Gasteiger partial charge on any atom is -0.378 e. The van der Waals surface area contributed by atoms with E-state index in [-0.39, 0.29) is 12.3 Å². The Morgan fingerprint density at radius 1 is 1.17 bits per heavy atom. The Hall–Kier alpha value is -2.81. The van der Waals surface area contributed by atoms with Crippen LogP contribution in [0.3, 0.4) is 0 Å². The van der Waals surface area contributed by atoms with E-state index < -0.39 is 17.0 Å². The van der Waals surface area contributed by atoms with Crippen LogP contribution in [0.5, 0.6) is 0 Å². The van der Waals surface area contributed by atoms with Gasteiger partial charge in [0.1, 0.15) is 0 Å². The van der Waals surface area contributed by atoms with E-state index in [1.807, 2.05) is 43.3 Å². The highest BCUT2D eigenvalue weighted by molar-refractivity contribution is 8.15. The van der Waals surface area contributed by atoms with Crippen molar-refractivity contribution in [3.05, 3.63) is 65.2 Å². The average molecular weight is 420 g/mol. The first-order valence-electron chi connectivity index (χ1n) is 8.74. The van der Waals surface area contributed by atoms with Gasteiger partial charge in [0.2, 0.25) is 5.91 Å². The van der Waals surface area contributed by atoms with Gasteiger partial charge in [-0.3, -0.25) is 4.79 Å². The third kappa shape index (κ3) is 5.60. The fraction of sp³-hybridized carbons (Fsp3) is 0.250. The smallest absolute Gasteiger partial charge is 0.378 e. The second-order valence-corrected chi connectivity index (χ2v) is 7.83. The van der Waals surface area contributed by atoms with Crippen molar-refractivity contribution in [2.45, 2.75) is 17.8 Å². The summed E-state index contributed by atoms with van der Waals surface area (Å²) in [6.45, 7) is 0. The first-order chi connectivity index (χ1) is 13.7. The van der Waals surface area contributed by atoms with Crippen molar-refractivity contribution < 1.29 is 18.0 Å². The fourth-order valence-electron chi connectivity index (χ4n) is 2.68. The summed E-state index contributed by atoms with van der Waals surface area (Å²) in [6.07, 6.45) is -2.67. The van der Waals surface area contributed by atoms with Crippen LogP contribution in [-0.2, 0) is 17.4 Å². The third-order valence-electron chi connectivity index (χ3n) is 4.22. The second-order valence-electron chi connectivity index (χ2n) is 6.63. The van der Waals surface area contributed by atoms with E-state index in [4.69, 9.17) is 0 Å². The maximum atomic E-state index is 12.8. The molecule has 9 heteroatoms. The summed E-state index contributed by atoms with van der Waals surface area (Å²) in [4.78, 5) is 14.1. The van der Waals surface area contributed by atoms with Gasteiger partial charge in [-0.15, -0.1) is 5.10 Å². The number of amidine groups is 1. The van der Waals surface area contributed by atoms with Crippen molar-refractivity contribution in [1.82, 2.24) is 5.32 Å². The lowest BCUT2D eigenvalue weighted by Gasteiger charge is -2.11. The predicted octanol–water partition coefficient (Wildman–Crippen LogP) is 3.94. The standard InChI is InChI=1S/C20H19F3N4OS/c1-27(2)16-8-6-13(7-9-16)12-24-26-19-25-18(28)17(29-19)11-14-4-3-5-15(10-14)20(21,22)23/h3-10,12,17H,11H2,1-2H3,(H,25,26,28). The van der Waals surface area contributed by atoms with Crippen molar-refractivity contribution in [2.24, 2.45) is 10.2 Å². The van der Waals surface area contributed by atoms with Crippen LogP contribution in [0.2, 0.25) is 0 Å². The molecular weight excluding hydrogens is 401 g/mol. The lowest BCUT2D eigenvalue weighted by atomic mass is 10.1. The normalized spacial score (nSPS) is 18.4. The van der Waals surface area contributed by atoms with Gasteiger partial charge in [-0.2, -0.15) is 18.3 Å². The lowest BCUT2D eigenvalue weighted by Crippen LogP contribution is -2.26. The van der Waals surface area contributed by atoms with E-state index in [1.54, 1.807) is 12.3 Å². The van der Waals surface area contributed by atoms with Crippen LogP contribution >= 0.6 is 11.8 Å². The van der Waals surface area contributed by atoms with Gasteiger partial charge in [-0.1, -0.05) is 42.1 Å². The molecule has 1 amide bonds. The Bertz CT molecular complexity index is 939. The molecule has 0 spiro atoms. The number of halogens is 3. The van der Waals surface area contributed by atoms with Crippen LogP contribution < -0.4 is 10.2 Å². The van der Waals surface area contributed by atoms with E-state index in [2.05, 4.69) is 15.5 Å². The maximum absolute atomic E-state index is 12.8. The Morgan fingerprint density at radius 2 is 1.90 bits per heavy atom. The first kappa shape index (κ1) is 20.9. The van der Waals surface area contributed by atoms with Crippen molar-refractivity contribution >= 4 is 34.7 Å². The largest absolute Gasteiger partial charge is 0.416 e. The number of rotatable bonds is 5. The molecule has 29 heavy (non-hydrogen) atoms. The number of carbonyl (C=O) groups excluding carboxylic acids is 1.